The lowest BCUT2D eigenvalue weighted by molar-refractivity contribution is -0.137. The minimum Gasteiger partial charge on any atom is -0.387 e. The Balaban J connectivity index is 1.84. The molecule has 8 heteroatoms. The molecule has 0 saturated heterocycles. The third-order valence-corrected chi connectivity index (χ3v) is 3.26. The number of aliphatic hydroxyl groups excluding tert-OH is 1. The number of amides is 2. The van der Waals surface area contributed by atoms with Crippen LogP contribution in [0.25, 0.3) is 0 Å². The van der Waals surface area contributed by atoms with Crippen LogP contribution in [0.15, 0.2) is 48.8 Å². The largest absolute Gasteiger partial charge is 0.416 e. The van der Waals surface area contributed by atoms with Gasteiger partial charge in [0.25, 0.3) is 0 Å². The summed E-state index contributed by atoms with van der Waals surface area (Å²) in [5.74, 6) is 0. The molecular formula is C16H16F3N3O2. The molecule has 0 aliphatic carbocycles. The summed E-state index contributed by atoms with van der Waals surface area (Å²) in [6.07, 6.45) is -2.54. The van der Waals surface area contributed by atoms with Crippen molar-refractivity contribution in [3.8, 4) is 0 Å². The van der Waals surface area contributed by atoms with Crippen molar-refractivity contribution >= 4 is 6.03 Å². The zero-order chi connectivity index (χ0) is 17.6. The third kappa shape index (κ3) is 5.24. The first kappa shape index (κ1) is 17.7. The molecule has 1 heterocycles. The lowest BCUT2D eigenvalue weighted by Crippen LogP contribution is -2.37. The molecule has 2 amide bonds. The van der Waals surface area contributed by atoms with Gasteiger partial charge in [-0.25, -0.2) is 4.79 Å². The summed E-state index contributed by atoms with van der Waals surface area (Å²) < 4.78 is 37.9. The van der Waals surface area contributed by atoms with Gasteiger partial charge in [0.15, 0.2) is 0 Å². The predicted molar refractivity (Wildman–Crippen MR) is 80.9 cm³/mol. The summed E-state index contributed by atoms with van der Waals surface area (Å²) in [6, 6.07) is 7.31. The number of hydrogen-bond acceptors (Lipinski definition) is 3. The number of benzene rings is 1. The molecule has 0 spiro atoms. The number of halogens is 3. The molecule has 3 N–H and O–H groups in total. The quantitative estimate of drug-likeness (QED) is 0.784. The van der Waals surface area contributed by atoms with Crippen molar-refractivity contribution in [2.75, 3.05) is 6.54 Å². The van der Waals surface area contributed by atoms with Crippen LogP contribution in [0.5, 0.6) is 0 Å². The number of alkyl halides is 3. The number of aromatic nitrogens is 1. The maximum Gasteiger partial charge on any atom is 0.416 e. The van der Waals surface area contributed by atoms with Crippen molar-refractivity contribution < 1.29 is 23.1 Å². The Kier molecular flexibility index (Phi) is 5.75. The van der Waals surface area contributed by atoms with Gasteiger partial charge in [0, 0.05) is 25.5 Å². The number of rotatable bonds is 5. The Labute approximate surface area is 136 Å². The molecule has 0 radical (unpaired) electrons. The van der Waals surface area contributed by atoms with Gasteiger partial charge in [0.2, 0.25) is 0 Å². The predicted octanol–water partition coefficient (Wildman–Crippen LogP) is 2.63. The minimum absolute atomic E-state index is 0.0826. The first-order valence-electron chi connectivity index (χ1n) is 7.12. The highest BCUT2D eigenvalue weighted by atomic mass is 19.4. The molecule has 0 saturated carbocycles. The number of pyridine rings is 1. The highest BCUT2D eigenvalue weighted by Gasteiger charge is 2.30. The first-order chi connectivity index (χ1) is 11.4. The van der Waals surface area contributed by atoms with Gasteiger partial charge >= 0.3 is 12.2 Å². The van der Waals surface area contributed by atoms with Gasteiger partial charge in [-0.15, -0.1) is 0 Å². The highest BCUT2D eigenvalue weighted by molar-refractivity contribution is 5.73. The van der Waals surface area contributed by atoms with Crippen molar-refractivity contribution in [3.63, 3.8) is 0 Å². The van der Waals surface area contributed by atoms with Crippen LogP contribution in [-0.4, -0.2) is 22.7 Å². The molecule has 5 nitrogen and oxygen atoms in total. The molecule has 2 rings (SSSR count). The van der Waals surface area contributed by atoms with E-state index in [0.29, 0.717) is 0 Å². The number of nitrogens with one attached hydrogen (secondary N) is 2. The van der Waals surface area contributed by atoms with Crippen LogP contribution >= 0.6 is 0 Å². The van der Waals surface area contributed by atoms with Crippen molar-refractivity contribution in [2.24, 2.45) is 0 Å². The van der Waals surface area contributed by atoms with Crippen LogP contribution in [0.3, 0.4) is 0 Å². The zero-order valence-corrected chi connectivity index (χ0v) is 12.5. The van der Waals surface area contributed by atoms with Gasteiger partial charge in [-0.3, -0.25) is 4.98 Å². The topological polar surface area (TPSA) is 74.2 Å². The first-order valence-corrected chi connectivity index (χ1v) is 7.12. The molecule has 2 aromatic rings. The van der Waals surface area contributed by atoms with E-state index in [0.717, 1.165) is 17.7 Å². The maximum absolute atomic E-state index is 12.6. The fraction of sp³-hybridized carbons (Fsp3) is 0.250. The molecule has 1 atom stereocenters. The highest BCUT2D eigenvalue weighted by Crippen LogP contribution is 2.30. The number of nitrogens with zero attached hydrogens (tertiary/aromatic N) is 1. The van der Waals surface area contributed by atoms with Gasteiger partial charge in [-0.1, -0.05) is 12.1 Å². The van der Waals surface area contributed by atoms with Crippen molar-refractivity contribution in [2.45, 2.75) is 18.8 Å². The molecule has 0 bridgehead atoms. The molecule has 1 aromatic heterocycles. The summed E-state index contributed by atoms with van der Waals surface area (Å²) >= 11 is 0. The second-order valence-electron chi connectivity index (χ2n) is 5.06. The average molecular weight is 339 g/mol. The van der Waals surface area contributed by atoms with E-state index in [4.69, 9.17) is 0 Å². The smallest absolute Gasteiger partial charge is 0.387 e. The summed E-state index contributed by atoms with van der Waals surface area (Å²) in [5, 5.41) is 14.9. The van der Waals surface area contributed by atoms with Crippen molar-refractivity contribution in [3.05, 3.63) is 65.5 Å². The van der Waals surface area contributed by atoms with E-state index >= 15 is 0 Å². The van der Waals surface area contributed by atoms with Crippen LogP contribution in [0.2, 0.25) is 0 Å². The molecule has 0 aliphatic heterocycles. The van der Waals surface area contributed by atoms with Crippen LogP contribution in [0.4, 0.5) is 18.0 Å². The van der Waals surface area contributed by atoms with Gasteiger partial charge in [-0.2, -0.15) is 13.2 Å². The van der Waals surface area contributed by atoms with E-state index in [2.05, 4.69) is 15.6 Å². The molecule has 24 heavy (non-hydrogen) atoms. The third-order valence-electron chi connectivity index (χ3n) is 3.26. The van der Waals surface area contributed by atoms with E-state index in [1.807, 2.05) is 0 Å². The SMILES string of the molecule is O=C(NCc1ccncc1)NC[C@H](O)c1cccc(C(F)(F)F)c1. The standard InChI is InChI=1S/C16H16F3N3O2/c17-16(18,19)13-3-1-2-12(8-13)14(23)10-22-15(24)21-9-11-4-6-20-7-5-11/h1-8,14,23H,9-10H2,(H2,21,22,24)/t14-/m0/s1. The fourth-order valence-corrected chi connectivity index (χ4v) is 1.97. The summed E-state index contributed by atoms with van der Waals surface area (Å²) in [7, 11) is 0. The Morgan fingerprint density at radius 3 is 2.54 bits per heavy atom. The van der Waals surface area contributed by atoms with Gasteiger partial charge in [-0.05, 0) is 35.4 Å². The van der Waals surface area contributed by atoms with E-state index in [1.54, 1.807) is 24.5 Å². The lowest BCUT2D eigenvalue weighted by Gasteiger charge is -2.15. The Hall–Kier alpha value is -2.61. The normalized spacial score (nSPS) is 12.5. The lowest BCUT2D eigenvalue weighted by atomic mass is 10.1. The summed E-state index contributed by atoms with van der Waals surface area (Å²) in [6.45, 7) is 0.0670. The van der Waals surface area contributed by atoms with Crippen LogP contribution in [-0.2, 0) is 12.7 Å². The van der Waals surface area contributed by atoms with E-state index in [9.17, 15) is 23.1 Å². The van der Waals surface area contributed by atoms with Crippen LogP contribution in [0.1, 0.15) is 22.8 Å². The molecule has 1 aromatic carbocycles. The van der Waals surface area contributed by atoms with Gasteiger partial charge in [0.1, 0.15) is 0 Å². The summed E-state index contributed by atoms with van der Waals surface area (Å²) in [5.41, 5.74) is 0.0824. The number of carbonyl (C=O) groups is 1. The Morgan fingerprint density at radius 1 is 1.17 bits per heavy atom. The Bertz CT molecular complexity index is 678. The maximum atomic E-state index is 12.6. The molecule has 128 valence electrons. The van der Waals surface area contributed by atoms with Crippen molar-refractivity contribution in [1.29, 1.82) is 0 Å². The zero-order valence-electron chi connectivity index (χ0n) is 12.5. The molecular weight excluding hydrogens is 323 g/mol. The van der Waals surface area contributed by atoms with E-state index in [1.165, 1.54) is 12.1 Å². The van der Waals surface area contributed by atoms with E-state index < -0.39 is 23.9 Å². The number of aliphatic hydroxyl groups is 1. The Morgan fingerprint density at radius 2 is 1.88 bits per heavy atom. The molecule has 0 unspecified atom stereocenters. The second-order valence-corrected chi connectivity index (χ2v) is 5.06. The number of urea groups is 1. The van der Waals surface area contributed by atoms with Gasteiger partial charge in [0.05, 0.1) is 11.7 Å². The average Bonchev–Trinajstić information content (AvgIpc) is 2.58. The fourth-order valence-electron chi connectivity index (χ4n) is 1.97. The molecule has 0 aliphatic rings. The van der Waals surface area contributed by atoms with Crippen LogP contribution in [0, 0.1) is 0 Å². The van der Waals surface area contributed by atoms with E-state index in [-0.39, 0.29) is 18.7 Å². The van der Waals surface area contributed by atoms with Crippen molar-refractivity contribution in [1.82, 2.24) is 15.6 Å². The monoisotopic (exact) mass is 339 g/mol. The molecule has 0 fully saturated rings. The van der Waals surface area contributed by atoms with Crippen LogP contribution < -0.4 is 10.6 Å². The summed E-state index contributed by atoms with van der Waals surface area (Å²) in [4.78, 5) is 15.5. The number of carbonyl (C=O) groups excluding carboxylic acids is 1. The second kappa shape index (κ2) is 7.78. The number of hydrogen-bond donors (Lipinski definition) is 3. The van der Waals surface area contributed by atoms with Gasteiger partial charge < -0.3 is 15.7 Å². The minimum atomic E-state index is -4.48.